The van der Waals surface area contributed by atoms with E-state index in [4.69, 9.17) is 4.74 Å². The zero-order chi connectivity index (χ0) is 16.9. The van der Waals surface area contributed by atoms with Gasteiger partial charge in [-0.1, -0.05) is 24.3 Å². The molecule has 1 aromatic carbocycles. The molecule has 0 bridgehead atoms. The van der Waals surface area contributed by atoms with Crippen LogP contribution in [-0.2, 0) is 13.0 Å². The van der Waals surface area contributed by atoms with E-state index in [2.05, 4.69) is 16.0 Å². The maximum absolute atomic E-state index is 12.1. The van der Waals surface area contributed by atoms with Gasteiger partial charge in [-0.25, -0.2) is 4.98 Å². The van der Waals surface area contributed by atoms with Gasteiger partial charge < -0.3 is 9.64 Å². The number of hydrogen-bond donors (Lipinski definition) is 0. The van der Waals surface area contributed by atoms with Gasteiger partial charge in [0.1, 0.15) is 11.4 Å². The number of methoxy groups -OCH3 is 1. The minimum Gasteiger partial charge on any atom is -0.496 e. The Labute approximate surface area is 141 Å². The maximum atomic E-state index is 12.1. The number of likely N-dealkylation sites (N-methyl/N-ethyl adjacent to an activating group) is 1. The topological polar surface area (TPSA) is 46.8 Å². The molecule has 124 valence electrons. The van der Waals surface area contributed by atoms with E-state index in [0.29, 0.717) is 12.2 Å². The molecule has 5 heteroatoms. The van der Waals surface area contributed by atoms with E-state index in [9.17, 15) is 4.79 Å². The van der Waals surface area contributed by atoms with Gasteiger partial charge >= 0.3 is 0 Å². The number of benzene rings is 1. The molecular formula is C19H21N3O2. The van der Waals surface area contributed by atoms with E-state index in [1.54, 1.807) is 23.8 Å². The number of nitrogens with zero attached hydrogens (tertiary/aromatic N) is 3. The number of pyridine rings is 1. The van der Waals surface area contributed by atoms with Gasteiger partial charge in [0.25, 0.3) is 5.56 Å². The third-order valence-electron chi connectivity index (χ3n) is 4.01. The fourth-order valence-electron chi connectivity index (χ4n) is 2.76. The smallest absolute Gasteiger partial charge is 0.258 e. The van der Waals surface area contributed by atoms with Crippen molar-refractivity contribution in [2.45, 2.75) is 13.0 Å². The number of ether oxygens (including phenoxy) is 1. The van der Waals surface area contributed by atoms with Crippen molar-refractivity contribution in [3.8, 4) is 5.75 Å². The number of fused-ring (bicyclic) bond motifs is 1. The highest BCUT2D eigenvalue weighted by molar-refractivity contribution is 5.38. The summed E-state index contributed by atoms with van der Waals surface area (Å²) >= 11 is 0. The first-order valence-corrected chi connectivity index (χ1v) is 7.95. The van der Waals surface area contributed by atoms with Crippen molar-refractivity contribution in [3.05, 3.63) is 76.3 Å². The zero-order valence-electron chi connectivity index (χ0n) is 14.0. The molecule has 0 N–H and O–H groups in total. The minimum absolute atomic E-state index is 0.0475. The number of para-hydroxylation sites is 1. The molecule has 3 rings (SSSR count). The molecule has 0 fully saturated rings. The normalized spacial score (nSPS) is 11.1. The Kier molecular flexibility index (Phi) is 4.91. The first-order valence-electron chi connectivity index (χ1n) is 7.95. The fraction of sp³-hybridized carbons (Fsp3) is 0.263. The predicted octanol–water partition coefficient (Wildman–Crippen LogP) is 2.38. The summed E-state index contributed by atoms with van der Waals surface area (Å²) in [4.78, 5) is 18.9. The van der Waals surface area contributed by atoms with Crippen LogP contribution in [-0.4, -0.2) is 35.0 Å². The molecule has 2 aromatic heterocycles. The first kappa shape index (κ1) is 16.2. The standard InChI is InChI=1S/C19H21N3O2/c1-21(12-10-15-7-3-4-8-17(15)24-2)14-16-13-19(23)22-11-6-5-9-18(22)20-16/h3-9,11,13H,10,12,14H2,1-2H3. The first-order chi connectivity index (χ1) is 11.7. The third kappa shape index (κ3) is 3.63. The Morgan fingerprint density at radius 1 is 1.17 bits per heavy atom. The van der Waals surface area contributed by atoms with Crippen molar-refractivity contribution in [2.24, 2.45) is 0 Å². The van der Waals surface area contributed by atoms with Crippen molar-refractivity contribution in [2.75, 3.05) is 20.7 Å². The second kappa shape index (κ2) is 7.27. The molecule has 5 nitrogen and oxygen atoms in total. The molecular weight excluding hydrogens is 302 g/mol. The molecule has 0 aliphatic carbocycles. The van der Waals surface area contributed by atoms with Crippen LogP contribution in [0.25, 0.3) is 5.65 Å². The van der Waals surface area contributed by atoms with Crippen LogP contribution in [0.3, 0.4) is 0 Å². The lowest BCUT2D eigenvalue weighted by Gasteiger charge is -2.17. The largest absolute Gasteiger partial charge is 0.496 e. The van der Waals surface area contributed by atoms with Crippen LogP contribution in [0.1, 0.15) is 11.3 Å². The number of rotatable bonds is 6. The van der Waals surface area contributed by atoms with Crippen molar-refractivity contribution in [1.82, 2.24) is 14.3 Å². The second-order valence-electron chi connectivity index (χ2n) is 5.81. The monoisotopic (exact) mass is 323 g/mol. The SMILES string of the molecule is COc1ccccc1CCN(C)Cc1cc(=O)n2ccccc2n1. The average molecular weight is 323 g/mol. The summed E-state index contributed by atoms with van der Waals surface area (Å²) in [6.45, 7) is 1.49. The summed E-state index contributed by atoms with van der Waals surface area (Å²) in [5.74, 6) is 0.910. The molecule has 0 spiro atoms. The van der Waals surface area contributed by atoms with Crippen molar-refractivity contribution < 1.29 is 4.74 Å². The van der Waals surface area contributed by atoms with Gasteiger partial charge in [-0.15, -0.1) is 0 Å². The fourth-order valence-corrected chi connectivity index (χ4v) is 2.76. The molecule has 3 aromatic rings. The lowest BCUT2D eigenvalue weighted by Crippen LogP contribution is -2.24. The summed E-state index contributed by atoms with van der Waals surface area (Å²) in [5, 5.41) is 0. The minimum atomic E-state index is -0.0475. The molecule has 0 unspecified atom stereocenters. The van der Waals surface area contributed by atoms with E-state index >= 15 is 0 Å². The van der Waals surface area contributed by atoms with E-state index in [1.807, 2.05) is 43.4 Å². The second-order valence-corrected chi connectivity index (χ2v) is 5.81. The van der Waals surface area contributed by atoms with Crippen LogP contribution >= 0.6 is 0 Å². The highest BCUT2D eigenvalue weighted by Gasteiger charge is 2.07. The Bertz CT molecular complexity index is 889. The molecule has 0 radical (unpaired) electrons. The summed E-state index contributed by atoms with van der Waals surface area (Å²) in [7, 11) is 3.72. The lowest BCUT2D eigenvalue weighted by atomic mass is 10.1. The third-order valence-corrected chi connectivity index (χ3v) is 4.01. The van der Waals surface area contributed by atoms with E-state index in [1.165, 1.54) is 5.56 Å². The van der Waals surface area contributed by atoms with E-state index in [-0.39, 0.29) is 5.56 Å². The van der Waals surface area contributed by atoms with Crippen molar-refractivity contribution in [1.29, 1.82) is 0 Å². The number of hydrogen-bond acceptors (Lipinski definition) is 4. The quantitative estimate of drug-likeness (QED) is 0.699. The van der Waals surface area contributed by atoms with Crippen LogP contribution in [0.4, 0.5) is 0 Å². The Hall–Kier alpha value is -2.66. The Morgan fingerprint density at radius 2 is 1.96 bits per heavy atom. The van der Waals surface area contributed by atoms with Gasteiger partial charge in [-0.2, -0.15) is 0 Å². The summed E-state index contributed by atoms with van der Waals surface area (Å²) in [5.41, 5.74) is 2.60. The highest BCUT2D eigenvalue weighted by Crippen LogP contribution is 2.18. The molecule has 0 atom stereocenters. The van der Waals surface area contributed by atoms with Gasteiger partial charge in [0.2, 0.25) is 0 Å². The van der Waals surface area contributed by atoms with Crippen LogP contribution in [0.2, 0.25) is 0 Å². The van der Waals surface area contributed by atoms with Crippen molar-refractivity contribution >= 4 is 5.65 Å². The maximum Gasteiger partial charge on any atom is 0.258 e. The van der Waals surface area contributed by atoms with Crippen LogP contribution in [0.5, 0.6) is 5.75 Å². The van der Waals surface area contributed by atoms with Gasteiger partial charge in [0, 0.05) is 25.4 Å². The van der Waals surface area contributed by atoms with Gasteiger partial charge in [0.05, 0.1) is 12.8 Å². The van der Waals surface area contributed by atoms with E-state index < -0.39 is 0 Å². The summed E-state index contributed by atoms with van der Waals surface area (Å²) in [6.07, 6.45) is 2.62. The molecule has 0 amide bonds. The lowest BCUT2D eigenvalue weighted by molar-refractivity contribution is 0.324. The molecule has 0 aliphatic rings. The average Bonchev–Trinajstić information content (AvgIpc) is 2.60. The van der Waals surface area contributed by atoms with Crippen LogP contribution in [0, 0.1) is 0 Å². The summed E-state index contributed by atoms with van der Waals surface area (Å²) < 4.78 is 6.94. The molecule has 0 saturated heterocycles. The van der Waals surface area contributed by atoms with Gasteiger partial charge in [-0.3, -0.25) is 9.20 Å². The number of aromatic nitrogens is 2. The van der Waals surface area contributed by atoms with Crippen molar-refractivity contribution in [3.63, 3.8) is 0 Å². The zero-order valence-corrected chi connectivity index (χ0v) is 14.0. The van der Waals surface area contributed by atoms with Gasteiger partial charge in [0.15, 0.2) is 0 Å². The van der Waals surface area contributed by atoms with Gasteiger partial charge in [-0.05, 0) is 37.2 Å². The molecule has 24 heavy (non-hydrogen) atoms. The molecule has 0 aliphatic heterocycles. The van der Waals surface area contributed by atoms with E-state index in [0.717, 1.165) is 24.4 Å². The van der Waals surface area contributed by atoms with Crippen LogP contribution in [0.15, 0.2) is 59.5 Å². The molecule has 2 heterocycles. The Morgan fingerprint density at radius 3 is 2.79 bits per heavy atom. The Balaban J connectivity index is 1.69. The highest BCUT2D eigenvalue weighted by atomic mass is 16.5. The predicted molar refractivity (Wildman–Crippen MR) is 94.5 cm³/mol. The summed E-state index contributed by atoms with van der Waals surface area (Å²) in [6, 6.07) is 15.2. The molecule has 0 saturated carbocycles. The van der Waals surface area contributed by atoms with Crippen LogP contribution < -0.4 is 10.3 Å².